The lowest BCUT2D eigenvalue weighted by Crippen LogP contribution is -2.36. The van der Waals surface area contributed by atoms with Gasteiger partial charge >= 0.3 is 5.97 Å². The van der Waals surface area contributed by atoms with E-state index in [0.717, 1.165) is 0 Å². The second kappa shape index (κ2) is 4.66. The van der Waals surface area contributed by atoms with Gasteiger partial charge in [-0.2, -0.15) is 0 Å². The lowest BCUT2D eigenvalue weighted by atomic mass is 9.91. The number of hydrogen-bond donors (Lipinski definition) is 2. The van der Waals surface area contributed by atoms with Crippen molar-refractivity contribution in [2.45, 2.75) is 45.8 Å². The van der Waals surface area contributed by atoms with Crippen molar-refractivity contribution in [2.24, 2.45) is 5.92 Å². The first-order valence-electron chi connectivity index (χ1n) is 5.25. The molecule has 2 N–H and O–H groups in total. The molecule has 1 aliphatic heterocycles. The van der Waals surface area contributed by atoms with Gasteiger partial charge in [-0.15, -0.1) is 0 Å². The molecular formula is C11H18O4. The zero-order chi connectivity index (χ0) is 11.6. The van der Waals surface area contributed by atoms with Gasteiger partial charge in [0.15, 0.2) is 0 Å². The van der Waals surface area contributed by atoms with Crippen molar-refractivity contribution in [3.63, 3.8) is 0 Å². The molecular weight excluding hydrogens is 196 g/mol. The number of hydrogen-bond acceptors (Lipinski definition) is 4. The van der Waals surface area contributed by atoms with E-state index in [0.29, 0.717) is 12.8 Å². The molecule has 0 spiro atoms. The topological polar surface area (TPSA) is 66.8 Å². The monoisotopic (exact) mass is 214 g/mol. The molecule has 0 saturated heterocycles. The quantitative estimate of drug-likeness (QED) is 0.699. The number of carbonyl (C=O) groups excluding carboxylic acids is 1. The number of aliphatic hydroxyl groups is 2. The number of rotatable bonds is 3. The Bertz CT molecular complexity index is 282. The van der Waals surface area contributed by atoms with Crippen molar-refractivity contribution in [3.8, 4) is 0 Å². The van der Waals surface area contributed by atoms with Crippen molar-refractivity contribution >= 4 is 5.97 Å². The van der Waals surface area contributed by atoms with E-state index in [-0.39, 0.29) is 17.3 Å². The van der Waals surface area contributed by atoms with E-state index in [1.165, 1.54) is 6.92 Å². The fourth-order valence-corrected chi connectivity index (χ4v) is 1.64. The van der Waals surface area contributed by atoms with Gasteiger partial charge in [-0.3, -0.25) is 0 Å². The maximum absolute atomic E-state index is 11.3. The Kier molecular flexibility index (Phi) is 3.74. The second-order valence-electron chi connectivity index (χ2n) is 4.05. The van der Waals surface area contributed by atoms with Crippen molar-refractivity contribution in [1.29, 1.82) is 0 Å². The third-order valence-corrected chi connectivity index (χ3v) is 3.00. The first-order valence-corrected chi connectivity index (χ1v) is 5.25. The predicted octanol–water partition coefficient (Wildman–Crippen LogP) is 1.54. The Morgan fingerprint density at radius 3 is 2.67 bits per heavy atom. The summed E-state index contributed by atoms with van der Waals surface area (Å²) in [6, 6.07) is 0. The van der Waals surface area contributed by atoms with Crippen molar-refractivity contribution in [3.05, 3.63) is 11.3 Å². The minimum atomic E-state index is -0.506. The number of esters is 1. The van der Waals surface area contributed by atoms with Gasteiger partial charge in [0.25, 0.3) is 0 Å². The molecule has 4 heteroatoms. The van der Waals surface area contributed by atoms with Gasteiger partial charge in [-0.25, -0.2) is 4.79 Å². The normalized spacial score (nSPS) is 26.1. The minimum Gasteiger partial charge on any atom is -0.512 e. The summed E-state index contributed by atoms with van der Waals surface area (Å²) >= 11 is 0. The minimum absolute atomic E-state index is 0.0754. The first kappa shape index (κ1) is 12.0. The predicted molar refractivity (Wildman–Crippen MR) is 55.3 cm³/mol. The number of carbonyl (C=O) groups is 1. The van der Waals surface area contributed by atoms with Gasteiger partial charge < -0.3 is 14.9 Å². The molecule has 86 valence electrons. The molecule has 3 atom stereocenters. The van der Waals surface area contributed by atoms with Crippen LogP contribution in [0.1, 0.15) is 33.6 Å². The highest BCUT2D eigenvalue weighted by atomic mass is 16.5. The highest BCUT2D eigenvalue weighted by molar-refractivity contribution is 5.89. The van der Waals surface area contributed by atoms with Crippen LogP contribution in [-0.4, -0.2) is 28.4 Å². The first-order chi connectivity index (χ1) is 6.97. The van der Waals surface area contributed by atoms with Gasteiger partial charge in [-0.05, 0) is 13.3 Å². The van der Waals surface area contributed by atoms with E-state index < -0.39 is 18.2 Å². The molecule has 0 fully saturated rings. The molecule has 0 aliphatic carbocycles. The van der Waals surface area contributed by atoms with Crippen LogP contribution in [0.3, 0.4) is 0 Å². The van der Waals surface area contributed by atoms with Crippen LogP contribution in [0.4, 0.5) is 0 Å². The Hall–Kier alpha value is -1.03. The number of cyclic esters (lactones) is 1. The van der Waals surface area contributed by atoms with Crippen LogP contribution in [-0.2, 0) is 9.53 Å². The molecule has 1 rings (SSSR count). The van der Waals surface area contributed by atoms with E-state index in [1.807, 2.05) is 13.8 Å². The molecule has 0 bridgehead atoms. The summed E-state index contributed by atoms with van der Waals surface area (Å²) in [5.74, 6) is -0.570. The average Bonchev–Trinajstić information content (AvgIpc) is 2.23. The number of ether oxygens (including phenoxy) is 1. The van der Waals surface area contributed by atoms with E-state index >= 15 is 0 Å². The molecule has 0 unspecified atom stereocenters. The molecule has 4 nitrogen and oxygen atoms in total. The summed E-state index contributed by atoms with van der Waals surface area (Å²) in [5, 5.41) is 19.1. The Morgan fingerprint density at radius 2 is 2.20 bits per heavy atom. The fourth-order valence-electron chi connectivity index (χ4n) is 1.64. The van der Waals surface area contributed by atoms with Gasteiger partial charge in [0.2, 0.25) is 0 Å². The summed E-state index contributed by atoms with van der Waals surface area (Å²) in [4.78, 5) is 11.3. The molecule has 0 aromatic rings. The third-order valence-electron chi connectivity index (χ3n) is 3.00. The van der Waals surface area contributed by atoms with E-state index in [9.17, 15) is 15.0 Å². The van der Waals surface area contributed by atoms with Crippen LogP contribution in [0, 0.1) is 5.92 Å². The molecule has 0 radical (unpaired) electrons. The van der Waals surface area contributed by atoms with Crippen molar-refractivity contribution in [2.75, 3.05) is 0 Å². The van der Waals surface area contributed by atoms with Gasteiger partial charge in [0.05, 0.1) is 11.7 Å². The Morgan fingerprint density at radius 1 is 1.60 bits per heavy atom. The standard InChI is InChI=1S/C11H18O4/c1-4-8(12)6(2)10-5-9(13)7(3)11(14)15-10/h6,8,10,12-13H,4-5H2,1-3H3/t6-,8+,10+/m0/s1. The molecule has 0 aromatic heterocycles. The highest BCUT2D eigenvalue weighted by Gasteiger charge is 2.32. The van der Waals surface area contributed by atoms with Crippen LogP contribution in [0.2, 0.25) is 0 Å². The van der Waals surface area contributed by atoms with E-state index in [1.54, 1.807) is 0 Å². The summed E-state index contributed by atoms with van der Waals surface area (Å²) in [5.41, 5.74) is 0.268. The Balaban J connectivity index is 2.73. The summed E-state index contributed by atoms with van der Waals surface area (Å²) in [6.07, 6.45) is -0.0146. The molecule has 1 heterocycles. The smallest absolute Gasteiger partial charge is 0.337 e. The molecule has 15 heavy (non-hydrogen) atoms. The summed E-state index contributed by atoms with van der Waals surface area (Å²) < 4.78 is 5.14. The van der Waals surface area contributed by atoms with Crippen molar-refractivity contribution < 1.29 is 19.7 Å². The van der Waals surface area contributed by atoms with E-state index in [2.05, 4.69) is 0 Å². The maximum Gasteiger partial charge on any atom is 0.337 e. The largest absolute Gasteiger partial charge is 0.512 e. The molecule has 1 aliphatic rings. The average molecular weight is 214 g/mol. The molecule has 0 saturated carbocycles. The molecule has 0 aromatic carbocycles. The summed E-state index contributed by atoms with van der Waals surface area (Å²) in [7, 11) is 0. The maximum atomic E-state index is 11.3. The second-order valence-corrected chi connectivity index (χ2v) is 4.05. The third kappa shape index (κ3) is 2.50. The van der Waals surface area contributed by atoms with Gasteiger partial charge in [-0.1, -0.05) is 13.8 Å². The van der Waals surface area contributed by atoms with Crippen LogP contribution in [0.15, 0.2) is 11.3 Å². The molecule has 0 amide bonds. The number of aliphatic hydroxyl groups excluding tert-OH is 2. The van der Waals surface area contributed by atoms with E-state index in [4.69, 9.17) is 4.74 Å². The van der Waals surface area contributed by atoms with Gasteiger partial charge in [0, 0.05) is 12.3 Å². The van der Waals surface area contributed by atoms with Crippen LogP contribution in [0.5, 0.6) is 0 Å². The zero-order valence-electron chi connectivity index (χ0n) is 9.36. The Labute approximate surface area is 89.6 Å². The summed E-state index contributed by atoms with van der Waals surface area (Å²) in [6.45, 7) is 5.22. The lowest BCUT2D eigenvalue weighted by molar-refractivity contribution is -0.151. The van der Waals surface area contributed by atoms with Crippen LogP contribution < -0.4 is 0 Å². The zero-order valence-corrected chi connectivity index (χ0v) is 9.36. The van der Waals surface area contributed by atoms with Crippen LogP contribution >= 0.6 is 0 Å². The SMILES string of the molecule is CC[C@@H](O)[C@H](C)[C@H]1CC(O)=C(C)C(=O)O1. The van der Waals surface area contributed by atoms with Gasteiger partial charge in [0.1, 0.15) is 11.9 Å². The highest BCUT2D eigenvalue weighted by Crippen LogP contribution is 2.26. The van der Waals surface area contributed by atoms with Crippen molar-refractivity contribution in [1.82, 2.24) is 0 Å². The van der Waals surface area contributed by atoms with Crippen LogP contribution in [0.25, 0.3) is 0 Å². The lowest BCUT2D eigenvalue weighted by Gasteiger charge is -2.30. The fraction of sp³-hybridized carbons (Fsp3) is 0.727.